The number of nitrogens with one attached hydrogen (secondary N) is 2. The highest BCUT2D eigenvalue weighted by molar-refractivity contribution is 9.10. The lowest BCUT2D eigenvalue weighted by atomic mass is 10.2. The smallest absolute Gasteiger partial charge is 0.269 e. The summed E-state index contributed by atoms with van der Waals surface area (Å²) in [7, 11) is 1.54. The number of carbonyl (C=O) groups is 2. The zero-order valence-corrected chi connectivity index (χ0v) is 16.4. The molecule has 1 unspecified atom stereocenters. The van der Waals surface area contributed by atoms with Crippen molar-refractivity contribution in [1.29, 1.82) is 0 Å². The maximum Gasteiger partial charge on any atom is 0.269 e. The van der Waals surface area contributed by atoms with Gasteiger partial charge in [0.15, 0.2) is 0 Å². The monoisotopic (exact) mass is 420 g/mol. The molecule has 2 aromatic rings. The standard InChI is InChI=1S/C19H21BrN2O4/c1-4-12(2)26-15-8-5-13(6-9-15)18(23)21-22-19(24)14-7-10-17(25-3)16(20)11-14/h5-12H,4H2,1-3H3,(H,21,23)(H,22,24). The lowest BCUT2D eigenvalue weighted by Gasteiger charge is -2.13. The molecule has 26 heavy (non-hydrogen) atoms. The van der Waals surface area contributed by atoms with Gasteiger partial charge in [-0.05, 0) is 71.7 Å². The molecule has 0 aliphatic carbocycles. The van der Waals surface area contributed by atoms with Gasteiger partial charge in [0.2, 0.25) is 0 Å². The molecule has 0 bridgehead atoms. The Kier molecular flexibility index (Phi) is 7.03. The van der Waals surface area contributed by atoms with Crippen LogP contribution in [0.15, 0.2) is 46.9 Å². The third-order valence-electron chi connectivity index (χ3n) is 3.73. The maximum atomic E-state index is 12.1. The average molecular weight is 421 g/mol. The number of halogens is 1. The fourth-order valence-electron chi connectivity index (χ4n) is 2.07. The second-order valence-electron chi connectivity index (χ2n) is 5.62. The number of benzene rings is 2. The highest BCUT2D eigenvalue weighted by atomic mass is 79.9. The van der Waals surface area contributed by atoms with Crippen LogP contribution in [-0.2, 0) is 0 Å². The summed E-state index contributed by atoms with van der Waals surface area (Å²) in [6.45, 7) is 4.02. The molecule has 2 amide bonds. The molecule has 0 heterocycles. The lowest BCUT2D eigenvalue weighted by molar-refractivity contribution is 0.0846. The number of hydrogen-bond acceptors (Lipinski definition) is 4. The van der Waals surface area contributed by atoms with Gasteiger partial charge in [0.05, 0.1) is 17.7 Å². The lowest BCUT2D eigenvalue weighted by Crippen LogP contribution is -2.41. The Labute approximate surface area is 161 Å². The van der Waals surface area contributed by atoms with E-state index in [0.29, 0.717) is 27.1 Å². The fraction of sp³-hybridized carbons (Fsp3) is 0.263. The van der Waals surface area contributed by atoms with Gasteiger partial charge >= 0.3 is 0 Å². The van der Waals surface area contributed by atoms with Gasteiger partial charge in [-0.3, -0.25) is 20.4 Å². The van der Waals surface area contributed by atoms with Crippen LogP contribution in [-0.4, -0.2) is 25.0 Å². The molecule has 0 aliphatic rings. The molecule has 0 saturated heterocycles. The second kappa shape index (κ2) is 9.24. The van der Waals surface area contributed by atoms with Crippen LogP contribution in [0.4, 0.5) is 0 Å². The quantitative estimate of drug-likeness (QED) is 0.698. The van der Waals surface area contributed by atoms with E-state index >= 15 is 0 Å². The summed E-state index contributed by atoms with van der Waals surface area (Å²) in [5.74, 6) is 0.466. The van der Waals surface area contributed by atoms with Crippen molar-refractivity contribution in [2.24, 2.45) is 0 Å². The normalized spacial score (nSPS) is 11.4. The predicted octanol–water partition coefficient (Wildman–Crippen LogP) is 3.71. The molecular weight excluding hydrogens is 400 g/mol. The van der Waals surface area contributed by atoms with Crippen LogP contribution in [0.2, 0.25) is 0 Å². The van der Waals surface area contributed by atoms with E-state index in [9.17, 15) is 9.59 Å². The Hall–Kier alpha value is -2.54. The first-order valence-corrected chi connectivity index (χ1v) is 8.94. The van der Waals surface area contributed by atoms with Crippen molar-refractivity contribution in [1.82, 2.24) is 10.9 Å². The molecular formula is C19H21BrN2O4. The summed E-state index contributed by atoms with van der Waals surface area (Å²) in [6, 6.07) is 11.6. The largest absolute Gasteiger partial charge is 0.496 e. The Morgan fingerprint density at radius 2 is 1.62 bits per heavy atom. The van der Waals surface area contributed by atoms with E-state index in [0.717, 1.165) is 6.42 Å². The molecule has 0 spiro atoms. The average Bonchev–Trinajstić information content (AvgIpc) is 2.66. The van der Waals surface area contributed by atoms with Crippen molar-refractivity contribution >= 4 is 27.7 Å². The number of methoxy groups -OCH3 is 1. The molecule has 2 N–H and O–H groups in total. The summed E-state index contributed by atoms with van der Waals surface area (Å²) in [6.07, 6.45) is 1.01. The number of hydrogen-bond donors (Lipinski definition) is 2. The van der Waals surface area contributed by atoms with Crippen LogP contribution in [0.1, 0.15) is 41.0 Å². The zero-order chi connectivity index (χ0) is 19.1. The van der Waals surface area contributed by atoms with Gasteiger partial charge in [0.25, 0.3) is 11.8 Å². The van der Waals surface area contributed by atoms with E-state index in [1.807, 2.05) is 13.8 Å². The Balaban J connectivity index is 1.93. The van der Waals surface area contributed by atoms with E-state index < -0.39 is 11.8 Å². The Bertz CT molecular complexity index is 778. The first-order valence-electron chi connectivity index (χ1n) is 8.15. The molecule has 2 rings (SSSR count). The molecule has 138 valence electrons. The predicted molar refractivity (Wildman–Crippen MR) is 102 cm³/mol. The Morgan fingerprint density at radius 1 is 1.04 bits per heavy atom. The fourth-order valence-corrected chi connectivity index (χ4v) is 2.61. The Morgan fingerprint density at radius 3 is 2.15 bits per heavy atom. The van der Waals surface area contributed by atoms with Crippen LogP contribution in [0.5, 0.6) is 11.5 Å². The molecule has 7 heteroatoms. The van der Waals surface area contributed by atoms with Gasteiger partial charge in [-0.1, -0.05) is 6.92 Å². The molecule has 0 aliphatic heterocycles. The van der Waals surface area contributed by atoms with Gasteiger partial charge in [-0.25, -0.2) is 0 Å². The molecule has 0 aromatic heterocycles. The van der Waals surface area contributed by atoms with Crippen molar-refractivity contribution in [3.8, 4) is 11.5 Å². The van der Waals surface area contributed by atoms with Crippen molar-refractivity contribution in [2.75, 3.05) is 7.11 Å². The summed E-state index contributed by atoms with van der Waals surface area (Å²) < 4.78 is 11.4. The van der Waals surface area contributed by atoms with Gasteiger partial charge in [-0.15, -0.1) is 0 Å². The number of hydrazine groups is 1. The van der Waals surface area contributed by atoms with E-state index in [-0.39, 0.29) is 6.10 Å². The van der Waals surface area contributed by atoms with Gasteiger partial charge in [0.1, 0.15) is 11.5 Å². The maximum absolute atomic E-state index is 12.1. The highest BCUT2D eigenvalue weighted by Gasteiger charge is 2.11. The molecule has 0 saturated carbocycles. The molecule has 2 aromatic carbocycles. The van der Waals surface area contributed by atoms with Gasteiger partial charge in [-0.2, -0.15) is 0 Å². The topological polar surface area (TPSA) is 76.7 Å². The summed E-state index contributed by atoms with van der Waals surface area (Å²) >= 11 is 3.32. The summed E-state index contributed by atoms with van der Waals surface area (Å²) in [5.41, 5.74) is 5.58. The number of carbonyl (C=O) groups excluding carboxylic acids is 2. The van der Waals surface area contributed by atoms with Gasteiger partial charge in [0, 0.05) is 11.1 Å². The minimum absolute atomic E-state index is 0.109. The summed E-state index contributed by atoms with van der Waals surface area (Å²) in [5, 5.41) is 0. The number of ether oxygens (including phenoxy) is 2. The third kappa shape index (κ3) is 5.23. The number of amides is 2. The van der Waals surface area contributed by atoms with Crippen molar-refractivity contribution < 1.29 is 19.1 Å². The van der Waals surface area contributed by atoms with Crippen LogP contribution in [0, 0.1) is 0 Å². The van der Waals surface area contributed by atoms with Gasteiger partial charge < -0.3 is 9.47 Å². The number of rotatable bonds is 6. The van der Waals surface area contributed by atoms with Crippen molar-refractivity contribution in [2.45, 2.75) is 26.4 Å². The van der Waals surface area contributed by atoms with E-state index in [2.05, 4.69) is 26.8 Å². The van der Waals surface area contributed by atoms with Crippen molar-refractivity contribution in [3.63, 3.8) is 0 Å². The van der Waals surface area contributed by atoms with Crippen LogP contribution >= 0.6 is 15.9 Å². The molecule has 0 fully saturated rings. The van der Waals surface area contributed by atoms with Crippen LogP contribution in [0.25, 0.3) is 0 Å². The van der Waals surface area contributed by atoms with Crippen molar-refractivity contribution in [3.05, 3.63) is 58.1 Å². The molecule has 0 radical (unpaired) electrons. The zero-order valence-electron chi connectivity index (χ0n) is 14.8. The first kappa shape index (κ1) is 19.8. The highest BCUT2D eigenvalue weighted by Crippen LogP contribution is 2.25. The van der Waals surface area contributed by atoms with Crippen LogP contribution in [0.3, 0.4) is 0 Å². The van der Waals surface area contributed by atoms with E-state index in [1.54, 1.807) is 49.6 Å². The third-order valence-corrected chi connectivity index (χ3v) is 4.35. The van der Waals surface area contributed by atoms with E-state index in [1.165, 1.54) is 0 Å². The molecule has 6 nitrogen and oxygen atoms in total. The first-order chi connectivity index (χ1) is 12.4. The second-order valence-corrected chi connectivity index (χ2v) is 6.47. The minimum atomic E-state index is -0.432. The van der Waals surface area contributed by atoms with Crippen LogP contribution < -0.4 is 20.3 Å². The SMILES string of the molecule is CCC(C)Oc1ccc(C(=O)NNC(=O)c2ccc(OC)c(Br)c2)cc1. The summed E-state index contributed by atoms with van der Waals surface area (Å²) in [4.78, 5) is 24.3. The minimum Gasteiger partial charge on any atom is -0.496 e. The molecule has 1 atom stereocenters. The van der Waals surface area contributed by atoms with E-state index in [4.69, 9.17) is 9.47 Å².